The molecule has 0 saturated carbocycles. The number of aryl methyl sites for hydroxylation is 2. The van der Waals surface area contributed by atoms with Crippen LogP contribution in [0.5, 0.6) is 11.5 Å². The minimum Gasteiger partial charge on any atom is -0.456 e. The SMILES string of the molecule is CCN(CC)c1ccc2c(-c3ccccc3C(=O)N3CCN(C(=O)CCCCCCCn4cc(CCCOC(=O)NC(Cc5ccc(N=C(N)N)cc5)P(=O)(Oc5ccc(NC(C)=O)cc5)Oc5ccc(NC(C)=O)cc5)nn4)CC3)c3ccc(=[N+](CC)CC)cc-3oc2c1. The van der Waals surface area contributed by atoms with Gasteiger partial charge in [-0.15, -0.1) is 5.10 Å². The van der Waals surface area contributed by atoms with E-state index in [0.717, 1.165) is 108 Å². The molecule has 0 spiro atoms. The van der Waals surface area contributed by atoms with Crippen LogP contribution in [0.15, 0.2) is 149 Å². The average molecular weight is 1310 g/mol. The maximum atomic E-state index is 15.3. The van der Waals surface area contributed by atoms with E-state index >= 15 is 4.57 Å². The summed E-state index contributed by atoms with van der Waals surface area (Å²) in [5, 5.41) is 18.8. The second-order valence-electron chi connectivity index (χ2n) is 23.3. The number of alkyl carbamates (subject to hydrolysis) is 1. The number of amides is 5. The molecule has 3 aliphatic rings. The first-order valence-corrected chi connectivity index (χ1v) is 34.3. The lowest BCUT2D eigenvalue weighted by atomic mass is 9.90. The Hall–Kier alpha value is -10.0. The molecule has 0 radical (unpaired) electrons. The Kier molecular flexibility index (Phi) is 24.2. The van der Waals surface area contributed by atoms with Crippen molar-refractivity contribution in [2.24, 2.45) is 16.5 Å². The highest BCUT2D eigenvalue weighted by molar-refractivity contribution is 7.55. The number of aromatic nitrogens is 3. The van der Waals surface area contributed by atoms with Crippen LogP contribution >= 0.6 is 7.60 Å². The van der Waals surface area contributed by atoms with Crippen LogP contribution in [0, 0.1) is 0 Å². The van der Waals surface area contributed by atoms with Gasteiger partial charge in [0.2, 0.25) is 23.1 Å². The Bertz CT molecular complexity index is 3990. The third-order valence-electron chi connectivity index (χ3n) is 16.6. The summed E-state index contributed by atoms with van der Waals surface area (Å²) in [5.41, 5.74) is 19.2. The first-order chi connectivity index (χ1) is 45.9. The maximum Gasteiger partial charge on any atom is 0.453 e. The number of ether oxygens (including phenoxy) is 1. The maximum absolute atomic E-state index is 15.3. The van der Waals surface area contributed by atoms with E-state index in [1.54, 1.807) is 53.2 Å². The summed E-state index contributed by atoms with van der Waals surface area (Å²) >= 11 is 0. The van der Waals surface area contributed by atoms with Crippen LogP contribution in [0.1, 0.15) is 108 Å². The van der Waals surface area contributed by atoms with E-state index < -0.39 is 19.5 Å². The Morgan fingerprint density at radius 2 is 1.35 bits per heavy atom. The van der Waals surface area contributed by atoms with Crippen molar-refractivity contribution in [3.8, 4) is 33.9 Å². The lowest BCUT2D eigenvalue weighted by molar-refractivity contribution is -0.132. The van der Waals surface area contributed by atoms with E-state index in [2.05, 4.69) is 105 Å². The molecule has 1 atom stereocenters. The second-order valence-corrected chi connectivity index (χ2v) is 25.4. The Balaban J connectivity index is 0.732. The number of hydrogen-bond donors (Lipinski definition) is 5. The number of carbonyl (C=O) groups excluding carboxylic acids is 5. The van der Waals surface area contributed by atoms with Crippen LogP contribution in [-0.2, 0) is 43.1 Å². The smallest absolute Gasteiger partial charge is 0.453 e. The number of benzene rings is 6. The predicted molar refractivity (Wildman–Crippen MR) is 371 cm³/mol. The quantitative estimate of drug-likeness (QED) is 0.00698. The van der Waals surface area contributed by atoms with E-state index in [4.69, 9.17) is 29.7 Å². The molecule has 5 amide bonds. The highest BCUT2D eigenvalue weighted by atomic mass is 31.2. The third kappa shape index (κ3) is 18.9. The lowest BCUT2D eigenvalue weighted by Gasteiger charge is -2.35. The fourth-order valence-corrected chi connectivity index (χ4v) is 13.5. The van der Waals surface area contributed by atoms with Crippen molar-refractivity contribution in [3.05, 3.63) is 162 Å². The molecule has 9 rings (SSSR count). The summed E-state index contributed by atoms with van der Waals surface area (Å²) in [6, 6.07) is 39.7. The monoisotopic (exact) mass is 1310 g/mol. The summed E-state index contributed by atoms with van der Waals surface area (Å²) in [6.07, 6.45) is 6.77. The van der Waals surface area contributed by atoms with Gasteiger partial charge < -0.3 is 60.3 Å². The van der Waals surface area contributed by atoms with Crippen molar-refractivity contribution in [2.75, 3.05) is 74.5 Å². The number of anilines is 3. The van der Waals surface area contributed by atoms with Gasteiger partial charge in [-0.25, -0.2) is 18.9 Å². The van der Waals surface area contributed by atoms with Gasteiger partial charge >= 0.3 is 13.7 Å². The third-order valence-corrected chi connectivity index (χ3v) is 18.6. The molecule has 1 fully saturated rings. The van der Waals surface area contributed by atoms with Gasteiger partial charge in [0.1, 0.15) is 35.9 Å². The van der Waals surface area contributed by atoms with Gasteiger partial charge in [0, 0.05) is 130 Å². The van der Waals surface area contributed by atoms with Crippen LogP contribution in [0.2, 0.25) is 0 Å². The molecule has 1 saturated heterocycles. The Morgan fingerprint density at radius 1 is 0.716 bits per heavy atom. The fraction of sp³-hybridized carbons (Fsp3) is 0.366. The number of rotatable bonds is 30. The van der Waals surface area contributed by atoms with Gasteiger partial charge in [0.05, 0.1) is 24.1 Å². The number of nitrogens with one attached hydrogen (secondary N) is 3. The van der Waals surface area contributed by atoms with Crippen molar-refractivity contribution < 1.29 is 46.7 Å². The number of unbranched alkanes of at least 4 members (excludes halogenated alkanes) is 4. The van der Waals surface area contributed by atoms with E-state index in [1.807, 2.05) is 40.3 Å². The number of fused-ring (bicyclic) bond motifs is 2. The van der Waals surface area contributed by atoms with Crippen LogP contribution in [0.4, 0.5) is 27.5 Å². The van der Waals surface area contributed by atoms with Gasteiger partial charge in [-0.05, 0) is 149 Å². The van der Waals surface area contributed by atoms with Crippen LogP contribution in [0.3, 0.4) is 0 Å². The molecule has 1 aliphatic carbocycles. The van der Waals surface area contributed by atoms with Crippen molar-refractivity contribution in [1.29, 1.82) is 0 Å². The van der Waals surface area contributed by atoms with Gasteiger partial charge in [-0.2, -0.15) is 0 Å². The molecule has 23 nitrogen and oxygen atoms in total. The van der Waals surface area contributed by atoms with E-state index in [-0.39, 0.29) is 54.1 Å². The molecule has 2 aliphatic heterocycles. The molecule has 0 bridgehead atoms. The molecule has 5 aromatic carbocycles. The van der Waals surface area contributed by atoms with E-state index in [1.165, 1.54) is 38.1 Å². The van der Waals surface area contributed by atoms with Crippen molar-refractivity contribution in [2.45, 2.75) is 112 Å². The van der Waals surface area contributed by atoms with Gasteiger partial charge in [-0.3, -0.25) is 23.9 Å². The summed E-state index contributed by atoms with van der Waals surface area (Å²) in [4.78, 5) is 75.4. The van der Waals surface area contributed by atoms with Crippen molar-refractivity contribution in [3.63, 3.8) is 0 Å². The highest BCUT2D eigenvalue weighted by Crippen LogP contribution is 2.53. The number of carbonyl (C=O) groups is 5. The lowest BCUT2D eigenvalue weighted by Crippen LogP contribution is -2.50. The minimum atomic E-state index is -4.46. The molecule has 24 heteroatoms. The number of guanidine groups is 1. The second kappa shape index (κ2) is 33.2. The summed E-state index contributed by atoms with van der Waals surface area (Å²) in [6.45, 7) is 17.3. The van der Waals surface area contributed by atoms with Crippen LogP contribution < -0.4 is 51.3 Å². The first-order valence-electron chi connectivity index (χ1n) is 32.7. The molecule has 1 unspecified atom stereocenters. The zero-order valence-electron chi connectivity index (χ0n) is 55.1. The number of hydrogen-bond acceptors (Lipinski definition) is 14. The number of aliphatic imine (C=N–C) groups is 1. The highest BCUT2D eigenvalue weighted by Gasteiger charge is 2.42. The molecule has 95 heavy (non-hydrogen) atoms. The van der Waals surface area contributed by atoms with E-state index in [0.29, 0.717) is 80.2 Å². The molecule has 500 valence electrons. The summed E-state index contributed by atoms with van der Waals surface area (Å²) in [5.74, 6) is -0.972. The Labute approximate surface area is 554 Å². The molecule has 7 N–H and O–H groups in total. The topological polar surface area (TPSA) is 287 Å². The Morgan fingerprint density at radius 3 is 1.98 bits per heavy atom. The van der Waals surface area contributed by atoms with Gasteiger partial charge in [0.15, 0.2) is 11.7 Å². The fourth-order valence-electron chi connectivity index (χ4n) is 11.7. The number of piperazine rings is 1. The number of nitrogens with two attached hydrogens (primary N) is 2. The first kappa shape index (κ1) is 69.3. The van der Waals surface area contributed by atoms with Crippen molar-refractivity contribution in [1.82, 2.24) is 34.7 Å². The van der Waals surface area contributed by atoms with E-state index in [9.17, 15) is 24.0 Å². The number of nitrogens with zero attached hydrogens (tertiary/aromatic N) is 8. The molecular formula is C71H87N13O10P+. The minimum absolute atomic E-state index is 0.00672. The normalized spacial score (nSPS) is 12.6. The average Bonchev–Trinajstić information content (AvgIpc) is 1.60. The van der Waals surface area contributed by atoms with Crippen LogP contribution in [0.25, 0.3) is 33.4 Å². The van der Waals surface area contributed by atoms with Gasteiger partial charge in [-0.1, -0.05) is 54.8 Å². The zero-order chi connectivity index (χ0) is 67.4. The van der Waals surface area contributed by atoms with Gasteiger partial charge in [0.25, 0.3) is 5.91 Å². The van der Waals surface area contributed by atoms with Crippen molar-refractivity contribution >= 4 is 77.0 Å². The molecule has 3 heterocycles. The van der Waals surface area contributed by atoms with Crippen LogP contribution in [-0.4, -0.2) is 125 Å². The molecule has 1 aromatic heterocycles. The summed E-state index contributed by atoms with van der Waals surface area (Å²) < 4.78 is 44.1. The zero-order valence-corrected chi connectivity index (χ0v) is 55.9. The standard InChI is InChI=1S/C71H86N13O10P/c1-7-80(8-2)56-31-37-62-64(46-56)92-65-47-57(81(9-3)10-4)32-38-63(65)68(62)60-20-15-16-21-61(60)69(88)83-42-40-82(41-43-83)67(87)22-14-12-11-13-17-39-84-48-55(78-79-84)19-18-44-91-71(89)77-66(45-51-23-25-54(26-24-51)76-70(72)73)95(90,93-58-33-27-52(28-34-58)74-49(5)85)94-59-35-29-53(30-36-59)75-50(6)86/h15-16,20-21,23-38,46-48,66H,7-14,17-19,22,39-45H2,1-6H3,(H6-,72,73,74,75,76,77,85,86,89)/p+1. The summed E-state index contributed by atoms with van der Waals surface area (Å²) in [7, 11) is -4.46. The largest absolute Gasteiger partial charge is 0.456 e. The predicted octanol–water partition coefficient (Wildman–Crippen LogP) is 11.2. The molecular weight excluding hydrogens is 1230 g/mol. The molecule has 6 aromatic rings.